The maximum atomic E-state index is 11.6. The van der Waals surface area contributed by atoms with Gasteiger partial charge in [-0.05, 0) is 13.8 Å². The van der Waals surface area contributed by atoms with Gasteiger partial charge in [0.25, 0.3) is 0 Å². The van der Waals surface area contributed by atoms with Gasteiger partial charge in [0.1, 0.15) is 17.2 Å². The Morgan fingerprint density at radius 3 is 2.73 bits per heavy atom. The number of nitrogens with zero attached hydrogens (tertiary/aromatic N) is 2. The fraction of sp³-hybridized carbons (Fsp3) is 0.600. The molecule has 0 aromatic rings. The average molecular weight is 212 g/mol. The molecule has 1 aliphatic rings. The third-order valence-corrected chi connectivity index (χ3v) is 2.12. The Hall–Kier alpha value is -1.52. The Balaban J connectivity index is 2.95. The Morgan fingerprint density at radius 1 is 1.67 bits per heavy atom. The molecule has 5 nitrogen and oxygen atoms in total. The third kappa shape index (κ3) is 2.49. The van der Waals surface area contributed by atoms with Crippen LogP contribution < -0.4 is 0 Å². The lowest BCUT2D eigenvalue weighted by atomic mass is 10.2. The number of carbonyl (C=O) groups excluding carboxylic acids is 1. The molecule has 5 heteroatoms. The molecule has 1 aliphatic heterocycles. The molecule has 0 amide bonds. The maximum absolute atomic E-state index is 11.6. The zero-order chi connectivity index (χ0) is 11.4. The summed E-state index contributed by atoms with van der Waals surface area (Å²) in [6.07, 6.45) is 0. The standard InChI is InChI=1S/C10H16N2O3/c1-4-15-10(14)8(7(2)13)9-11-5-6-12(9)3/h13H,4-6H2,1-3H3/b8-7-. The molecule has 0 fully saturated rings. The Morgan fingerprint density at radius 2 is 2.33 bits per heavy atom. The van der Waals surface area contributed by atoms with E-state index < -0.39 is 5.97 Å². The van der Waals surface area contributed by atoms with Gasteiger partial charge in [0.15, 0.2) is 0 Å². The van der Waals surface area contributed by atoms with E-state index in [-0.39, 0.29) is 17.9 Å². The number of hydrogen-bond acceptors (Lipinski definition) is 5. The van der Waals surface area contributed by atoms with Crippen LogP contribution in [0.4, 0.5) is 0 Å². The minimum absolute atomic E-state index is 0.0547. The molecule has 0 unspecified atom stereocenters. The van der Waals surface area contributed by atoms with Gasteiger partial charge < -0.3 is 14.7 Å². The Labute approximate surface area is 89.1 Å². The van der Waals surface area contributed by atoms with Crippen LogP contribution in [0.5, 0.6) is 0 Å². The van der Waals surface area contributed by atoms with E-state index in [1.807, 2.05) is 11.9 Å². The van der Waals surface area contributed by atoms with Crippen molar-refractivity contribution in [3.63, 3.8) is 0 Å². The number of esters is 1. The highest BCUT2D eigenvalue weighted by molar-refractivity contribution is 6.19. The molecule has 1 heterocycles. The van der Waals surface area contributed by atoms with Crippen molar-refractivity contribution in [3.05, 3.63) is 11.3 Å². The van der Waals surface area contributed by atoms with Crippen LogP contribution >= 0.6 is 0 Å². The number of carbonyl (C=O) groups is 1. The van der Waals surface area contributed by atoms with Crippen LogP contribution in [0.3, 0.4) is 0 Å². The van der Waals surface area contributed by atoms with E-state index in [1.54, 1.807) is 6.92 Å². The van der Waals surface area contributed by atoms with Gasteiger partial charge in [-0.1, -0.05) is 0 Å². The van der Waals surface area contributed by atoms with Crippen molar-refractivity contribution < 1.29 is 14.6 Å². The highest BCUT2D eigenvalue weighted by atomic mass is 16.5. The van der Waals surface area contributed by atoms with Crippen molar-refractivity contribution in [1.29, 1.82) is 0 Å². The number of ether oxygens (including phenoxy) is 1. The van der Waals surface area contributed by atoms with Crippen molar-refractivity contribution in [2.75, 3.05) is 26.7 Å². The first kappa shape index (κ1) is 11.6. The van der Waals surface area contributed by atoms with Crippen LogP contribution in [0.2, 0.25) is 0 Å². The lowest BCUT2D eigenvalue weighted by Crippen LogP contribution is -2.29. The number of aliphatic imine (C=N–C) groups is 1. The van der Waals surface area contributed by atoms with Crippen LogP contribution in [0, 0.1) is 0 Å². The SMILES string of the molecule is CCOC(=O)/C(C1=NCCN1C)=C(/C)O. The molecule has 0 aliphatic carbocycles. The lowest BCUT2D eigenvalue weighted by Gasteiger charge is -2.16. The Kier molecular flexibility index (Phi) is 3.71. The fourth-order valence-electron chi connectivity index (χ4n) is 1.41. The molecular weight excluding hydrogens is 196 g/mol. The van der Waals surface area contributed by atoms with Gasteiger partial charge in [-0.25, -0.2) is 4.79 Å². The van der Waals surface area contributed by atoms with E-state index in [9.17, 15) is 9.90 Å². The highest BCUT2D eigenvalue weighted by Crippen LogP contribution is 2.13. The van der Waals surface area contributed by atoms with Crippen molar-refractivity contribution in [2.45, 2.75) is 13.8 Å². The summed E-state index contributed by atoms with van der Waals surface area (Å²) < 4.78 is 4.86. The normalized spacial score (nSPS) is 17.3. The Bertz CT molecular complexity index is 317. The molecule has 0 atom stereocenters. The highest BCUT2D eigenvalue weighted by Gasteiger charge is 2.26. The van der Waals surface area contributed by atoms with Gasteiger partial charge in [0, 0.05) is 13.6 Å². The number of amidine groups is 1. The molecular formula is C10H16N2O3. The van der Waals surface area contributed by atoms with Crippen molar-refractivity contribution in [1.82, 2.24) is 4.90 Å². The monoisotopic (exact) mass is 212 g/mol. The number of hydrogen-bond donors (Lipinski definition) is 1. The lowest BCUT2D eigenvalue weighted by molar-refractivity contribution is -0.138. The first-order chi connectivity index (χ1) is 7.07. The van der Waals surface area contributed by atoms with Crippen molar-refractivity contribution >= 4 is 11.8 Å². The zero-order valence-corrected chi connectivity index (χ0v) is 9.28. The van der Waals surface area contributed by atoms with E-state index in [0.717, 1.165) is 6.54 Å². The molecule has 0 spiro atoms. The number of rotatable bonds is 3. The predicted octanol–water partition coefficient (Wildman–Crippen LogP) is 0.725. The summed E-state index contributed by atoms with van der Waals surface area (Å²) in [5.41, 5.74) is 0.164. The maximum Gasteiger partial charge on any atom is 0.345 e. The first-order valence-corrected chi connectivity index (χ1v) is 4.90. The average Bonchev–Trinajstić information content (AvgIpc) is 2.52. The van der Waals surface area contributed by atoms with Crippen molar-refractivity contribution in [2.24, 2.45) is 4.99 Å². The quantitative estimate of drug-likeness (QED) is 0.425. The second-order valence-corrected chi connectivity index (χ2v) is 3.31. The topological polar surface area (TPSA) is 62.1 Å². The van der Waals surface area contributed by atoms with Gasteiger partial charge in [-0.2, -0.15) is 0 Å². The van der Waals surface area contributed by atoms with Gasteiger partial charge >= 0.3 is 5.97 Å². The van der Waals surface area contributed by atoms with Crippen LogP contribution in [-0.4, -0.2) is 48.6 Å². The summed E-state index contributed by atoms with van der Waals surface area (Å²) in [4.78, 5) is 17.6. The molecule has 1 N–H and O–H groups in total. The number of allylic oxidation sites excluding steroid dienone is 1. The second kappa shape index (κ2) is 4.82. The molecule has 0 aromatic heterocycles. The predicted molar refractivity (Wildman–Crippen MR) is 56.9 cm³/mol. The summed E-state index contributed by atoms with van der Waals surface area (Å²) in [6.45, 7) is 4.86. The number of aliphatic hydroxyl groups excluding tert-OH is 1. The molecule has 0 aromatic carbocycles. The van der Waals surface area contributed by atoms with E-state index >= 15 is 0 Å². The number of aliphatic hydroxyl groups is 1. The minimum atomic E-state index is -0.523. The van der Waals surface area contributed by atoms with Gasteiger partial charge in [0.2, 0.25) is 0 Å². The van der Waals surface area contributed by atoms with E-state index in [4.69, 9.17) is 4.74 Å². The summed E-state index contributed by atoms with van der Waals surface area (Å²) in [7, 11) is 1.83. The molecule has 0 bridgehead atoms. The molecule has 0 saturated carbocycles. The summed E-state index contributed by atoms with van der Waals surface area (Å²) in [5.74, 6) is -0.0700. The van der Waals surface area contributed by atoms with E-state index in [0.29, 0.717) is 12.4 Å². The summed E-state index contributed by atoms with van der Waals surface area (Å²) in [5, 5.41) is 9.46. The zero-order valence-electron chi connectivity index (χ0n) is 9.28. The molecule has 1 rings (SSSR count). The number of likely N-dealkylation sites (N-methyl/N-ethyl adjacent to an activating group) is 1. The summed E-state index contributed by atoms with van der Waals surface area (Å²) >= 11 is 0. The van der Waals surface area contributed by atoms with E-state index in [2.05, 4.69) is 4.99 Å². The van der Waals surface area contributed by atoms with Gasteiger partial charge in [0.05, 0.1) is 13.2 Å². The fourth-order valence-corrected chi connectivity index (χ4v) is 1.41. The van der Waals surface area contributed by atoms with Crippen LogP contribution in [0.1, 0.15) is 13.8 Å². The first-order valence-electron chi connectivity index (χ1n) is 4.90. The van der Waals surface area contributed by atoms with Gasteiger partial charge in [-0.15, -0.1) is 0 Å². The second-order valence-electron chi connectivity index (χ2n) is 3.31. The largest absolute Gasteiger partial charge is 0.512 e. The summed E-state index contributed by atoms with van der Waals surface area (Å²) in [6, 6.07) is 0. The molecule has 0 saturated heterocycles. The third-order valence-electron chi connectivity index (χ3n) is 2.12. The van der Waals surface area contributed by atoms with E-state index in [1.165, 1.54) is 6.92 Å². The minimum Gasteiger partial charge on any atom is -0.512 e. The molecule has 15 heavy (non-hydrogen) atoms. The van der Waals surface area contributed by atoms with Crippen LogP contribution in [-0.2, 0) is 9.53 Å². The van der Waals surface area contributed by atoms with Crippen LogP contribution in [0.25, 0.3) is 0 Å². The smallest absolute Gasteiger partial charge is 0.345 e. The molecule has 84 valence electrons. The molecule has 0 radical (unpaired) electrons. The van der Waals surface area contributed by atoms with Crippen LogP contribution in [0.15, 0.2) is 16.3 Å². The van der Waals surface area contributed by atoms with Gasteiger partial charge in [-0.3, -0.25) is 4.99 Å². The van der Waals surface area contributed by atoms with Crippen molar-refractivity contribution in [3.8, 4) is 0 Å².